The molecule has 0 spiro atoms. The lowest BCUT2D eigenvalue weighted by molar-refractivity contribution is 0.461. The Labute approximate surface area is 85.4 Å². The SMILES string of the molecule is CS(=O)(=O)c1nc2ccc(Cl)cc2o1. The largest absolute Gasteiger partial charge is 0.428 e. The number of sulfone groups is 1. The van der Waals surface area contributed by atoms with Gasteiger partial charge in [0, 0.05) is 17.3 Å². The van der Waals surface area contributed by atoms with Gasteiger partial charge >= 0.3 is 5.22 Å². The fourth-order valence-electron chi connectivity index (χ4n) is 1.04. The van der Waals surface area contributed by atoms with Crippen LogP contribution < -0.4 is 0 Å². The van der Waals surface area contributed by atoms with Crippen LogP contribution in [-0.2, 0) is 9.84 Å². The van der Waals surface area contributed by atoms with E-state index in [4.69, 9.17) is 16.0 Å². The van der Waals surface area contributed by atoms with Gasteiger partial charge in [-0.05, 0) is 12.1 Å². The molecule has 0 aliphatic rings. The zero-order valence-corrected chi connectivity index (χ0v) is 8.76. The van der Waals surface area contributed by atoms with E-state index < -0.39 is 9.84 Å². The van der Waals surface area contributed by atoms with Crippen LogP contribution in [0.5, 0.6) is 0 Å². The maximum absolute atomic E-state index is 11.1. The summed E-state index contributed by atoms with van der Waals surface area (Å²) in [6.45, 7) is 0. The summed E-state index contributed by atoms with van der Waals surface area (Å²) in [6, 6.07) is 4.76. The third-order valence-electron chi connectivity index (χ3n) is 1.65. The lowest BCUT2D eigenvalue weighted by atomic mass is 10.3. The Morgan fingerprint density at radius 1 is 1.43 bits per heavy atom. The average molecular weight is 232 g/mol. The molecular weight excluding hydrogens is 226 g/mol. The molecule has 0 bridgehead atoms. The zero-order chi connectivity index (χ0) is 10.3. The summed E-state index contributed by atoms with van der Waals surface area (Å²) in [7, 11) is -3.40. The van der Waals surface area contributed by atoms with Crippen molar-refractivity contribution >= 4 is 32.5 Å². The molecule has 14 heavy (non-hydrogen) atoms. The van der Waals surface area contributed by atoms with E-state index >= 15 is 0 Å². The van der Waals surface area contributed by atoms with Gasteiger partial charge in [0.15, 0.2) is 5.58 Å². The maximum Gasteiger partial charge on any atom is 0.315 e. The van der Waals surface area contributed by atoms with Gasteiger partial charge in [0.2, 0.25) is 9.84 Å². The Morgan fingerprint density at radius 3 is 2.79 bits per heavy atom. The van der Waals surface area contributed by atoms with E-state index in [0.717, 1.165) is 6.26 Å². The number of fused-ring (bicyclic) bond motifs is 1. The summed E-state index contributed by atoms with van der Waals surface area (Å²) in [5.41, 5.74) is 0.854. The second kappa shape index (κ2) is 2.96. The minimum Gasteiger partial charge on any atom is -0.428 e. The molecule has 1 aromatic heterocycles. The van der Waals surface area contributed by atoms with Crippen LogP contribution in [0.25, 0.3) is 11.1 Å². The smallest absolute Gasteiger partial charge is 0.315 e. The summed E-state index contributed by atoms with van der Waals surface area (Å²) in [5.74, 6) is 0. The molecule has 0 saturated carbocycles. The molecule has 0 atom stereocenters. The van der Waals surface area contributed by atoms with Crippen LogP contribution in [0.3, 0.4) is 0 Å². The Morgan fingerprint density at radius 2 is 2.14 bits per heavy atom. The van der Waals surface area contributed by atoms with E-state index in [1.165, 1.54) is 6.07 Å². The van der Waals surface area contributed by atoms with E-state index in [1.807, 2.05) is 0 Å². The number of nitrogens with zero attached hydrogens (tertiary/aromatic N) is 1. The van der Waals surface area contributed by atoms with E-state index in [-0.39, 0.29) is 5.22 Å². The molecule has 1 aromatic carbocycles. The highest BCUT2D eigenvalue weighted by molar-refractivity contribution is 7.90. The zero-order valence-electron chi connectivity index (χ0n) is 7.19. The predicted octanol–water partition coefficient (Wildman–Crippen LogP) is 1.88. The molecule has 0 aliphatic heterocycles. The van der Waals surface area contributed by atoms with Crippen LogP contribution in [0.2, 0.25) is 5.02 Å². The van der Waals surface area contributed by atoms with Gasteiger partial charge in [0.25, 0.3) is 0 Å². The molecule has 2 aromatic rings. The third-order valence-corrected chi connectivity index (χ3v) is 2.69. The van der Waals surface area contributed by atoms with Crippen molar-refractivity contribution in [3.63, 3.8) is 0 Å². The molecule has 0 saturated heterocycles. The van der Waals surface area contributed by atoms with Crippen LogP contribution in [0.15, 0.2) is 27.8 Å². The molecule has 0 radical (unpaired) electrons. The maximum atomic E-state index is 11.1. The molecule has 0 aliphatic carbocycles. The van der Waals surface area contributed by atoms with Gasteiger partial charge in [-0.25, -0.2) is 8.42 Å². The van der Waals surface area contributed by atoms with Crippen molar-refractivity contribution in [1.82, 2.24) is 4.98 Å². The normalized spacial score (nSPS) is 12.1. The van der Waals surface area contributed by atoms with Crippen LogP contribution >= 0.6 is 11.6 Å². The molecule has 74 valence electrons. The Kier molecular flexibility index (Phi) is 2.01. The predicted molar refractivity (Wildman–Crippen MR) is 52.1 cm³/mol. The lowest BCUT2D eigenvalue weighted by Crippen LogP contribution is -1.96. The summed E-state index contributed by atoms with van der Waals surface area (Å²) in [5, 5.41) is 0.198. The van der Waals surface area contributed by atoms with Gasteiger partial charge < -0.3 is 4.42 Å². The van der Waals surface area contributed by atoms with Crippen LogP contribution in [0.1, 0.15) is 0 Å². The van der Waals surface area contributed by atoms with Gasteiger partial charge in [0.05, 0.1) is 0 Å². The monoisotopic (exact) mass is 231 g/mol. The minimum absolute atomic E-state index is 0.283. The number of rotatable bonds is 1. The lowest BCUT2D eigenvalue weighted by Gasteiger charge is -1.86. The molecule has 0 N–H and O–H groups in total. The molecule has 4 nitrogen and oxygen atoms in total. The van der Waals surface area contributed by atoms with Crippen LogP contribution in [-0.4, -0.2) is 19.7 Å². The minimum atomic E-state index is -3.40. The van der Waals surface area contributed by atoms with E-state index in [2.05, 4.69) is 4.98 Å². The fourth-order valence-corrected chi connectivity index (χ4v) is 1.70. The van der Waals surface area contributed by atoms with Crippen molar-refractivity contribution in [3.05, 3.63) is 23.2 Å². The van der Waals surface area contributed by atoms with E-state index in [1.54, 1.807) is 12.1 Å². The van der Waals surface area contributed by atoms with Crippen LogP contribution in [0, 0.1) is 0 Å². The highest BCUT2D eigenvalue weighted by Crippen LogP contribution is 2.21. The Hall–Kier alpha value is -1.07. The van der Waals surface area contributed by atoms with Gasteiger partial charge in [-0.1, -0.05) is 11.6 Å². The Balaban J connectivity index is 2.75. The number of halogens is 1. The fraction of sp³-hybridized carbons (Fsp3) is 0.125. The van der Waals surface area contributed by atoms with Crippen molar-refractivity contribution in [1.29, 1.82) is 0 Å². The van der Waals surface area contributed by atoms with Gasteiger partial charge in [-0.3, -0.25) is 0 Å². The number of hydrogen-bond donors (Lipinski definition) is 0. The first kappa shape index (κ1) is 9.48. The van der Waals surface area contributed by atoms with Crippen molar-refractivity contribution in [3.8, 4) is 0 Å². The number of hydrogen-bond acceptors (Lipinski definition) is 4. The summed E-state index contributed by atoms with van der Waals surface area (Å²) in [6.07, 6.45) is 1.04. The van der Waals surface area contributed by atoms with Crippen molar-refractivity contribution < 1.29 is 12.8 Å². The molecule has 0 fully saturated rings. The van der Waals surface area contributed by atoms with E-state index in [0.29, 0.717) is 16.1 Å². The van der Waals surface area contributed by atoms with Gasteiger partial charge in [0.1, 0.15) is 5.52 Å². The molecular formula is C8H6ClNO3S. The third kappa shape index (κ3) is 1.60. The molecule has 2 rings (SSSR count). The van der Waals surface area contributed by atoms with Gasteiger partial charge in [-0.2, -0.15) is 4.98 Å². The van der Waals surface area contributed by atoms with E-state index in [9.17, 15) is 8.42 Å². The molecule has 0 amide bonds. The highest BCUT2D eigenvalue weighted by atomic mass is 35.5. The summed E-state index contributed by atoms with van der Waals surface area (Å²) in [4.78, 5) is 3.81. The highest BCUT2D eigenvalue weighted by Gasteiger charge is 2.15. The Bertz CT molecular complexity index is 588. The first-order valence-corrected chi connectivity index (χ1v) is 6.00. The van der Waals surface area contributed by atoms with Gasteiger partial charge in [-0.15, -0.1) is 0 Å². The second-order valence-corrected chi connectivity index (χ2v) is 5.19. The number of aromatic nitrogens is 1. The van der Waals surface area contributed by atoms with Crippen LogP contribution in [0.4, 0.5) is 0 Å². The quantitative estimate of drug-likeness (QED) is 0.752. The number of benzene rings is 1. The first-order chi connectivity index (χ1) is 6.47. The summed E-state index contributed by atoms with van der Waals surface area (Å²) < 4.78 is 27.2. The molecule has 6 heteroatoms. The summed E-state index contributed by atoms with van der Waals surface area (Å²) >= 11 is 5.70. The molecule has 0 unspecified atom stereocenters. The van der Waals surface area contributed by atoms with Crippen molar-refractivity contribution in [2.24, 2.45) is 0 Å². The second-order valence-electron chi connectivity index (χ2n) is 2.86. The first-order valence-electron chi connectivity index (χ1n) is 3.73. The molecule has 1 heterocycles. The van der Waals surface area contributed by atoms with Crippen molar-refractivity contribution in [2.75, 3.05) is 6.26 Å². The number of oxazole rings is 1. The van der Waals surface area contributed by atoms with Crippen molar-refractivity contribution in [2.45, 2.75) is 5.22 Å². The average Bonchev–Trinajstić information content (AvgIpc) is 2.45. The standard InChI is InChI=1S/C8H6ClNO3S/c1-14(11,12)8-10-6-3-2-5(9)4-7(6)13-8/h2-4H,1H3. The topological polar surface area (TPSA) is 60.2 Å².